The van der Waals surface area contributed by atoms with Crippen molar-refractivity contribution in [3.05, 3.63) is 29.8 Å². The van der Waals surface area contributed by atoms with Gasteiger partial charge in [0.15, 0.2) is 0 Å². The summed E-state index contributed by atoms with van der Waals surface area (Å²) in [5, 5.41) is 9.79. The molecule has 0 spiro atoms. The number of methoxy groups -OCH3 is 1. The molecule has 3 nitrogen and oxygen atoms in total. The molecule has 1 aliphatic rings. The smallest absolute Gasteiger partial charge is 0.122 e. The second kappa shape index (κ2) is 4.64. The number of aliphatic hydroxyl groups excluding tert-OH is 1. The van der Waals surface area contributed by atoms with Gasteiger partial charge in [-0.3, -0.25) is 0 Å². The van der Waals surface area contributed by atoms with E-state index < -0.39 is 6.10 Å². The second-order valence-electron chi connectivity index (χ2n) is 3.91. The Balaban J connectivity index is 2.05. The van der Waals surface area contributed by atoms with Crippen molar-refractivity contribution in [3.63, 3.8) is 0 Å². The summed E-state index contributed by atoms with van der Waals surface area (Å²) in [4.78, 5) is 0. The third kappa shape index (κ3) is 2.30. The summed E-state index contributed by atoms with van der Waals surface area (Å²) in [6, 6.07) is 7.97. The van der Waals surface area contributed by atoms with E-state index in [2.05, 4.69) is 0 Å². The Bertz CT molecular complexity index is 324. The fourth-order valence-corrected chi connectivity index (χ4v) is 1.91. The largest absolute Gasteiger partial charge is 0.493 e. The number of benzene rings is 1. The van der Waals surface area contributed by atoms with E-state index in [1.807, 2.05) is 24.3 Å². The highest BCUT2D eigenvalue weighted by Gasteiger charge is 2.25. The Labute approximate surface area is 89.6 Å². The molecule has 0 saturated heterocycles. The summed E-state index contributed by atoms with van der Waals surface area (Å²) < 4.78 is 10.5. The van der Waals surface area contributed by atoms with Gasteiger partial charge in [-0.05, 0) is 18.1 Å². The van der Waals surface area contributed by atoms with Gasteiger partial charge in [-0.25, -0.2) is 0 Å². The molecule has 1 heterocycles. The lowest BCUT2D eigenvalue weighted by Gasteiger charge is -2.28. The fraction of sp³-hybridized carbons (Fsp3) is 0.500. The van der Waals surface area contributed by atoms with Crippen molar-refractivity contribution in [2.24, 2.45) is 5.92 Å². The van der Waals surface area contributed by atoms with Crippen LogP contribution in [0.25, 0.3) is 0 Å². The van der Waals surface area contributed by atoms with E-state index >= 15 is 0 Å². The molecule has 15 heavy (non-hydrogen) atoms. The first-order valence-electron chi connectivity index (χ1n) is 5.19. The average Bonchev–Trinajstić information content (AvgIpc) is 2.29. The zero-order chi connectivity index (χ0) is 10.7. The van der Waals surface area contributed by atoms with Gasteiger partial charge in [-0.2, -0.15) is 0 Å². The van der Waals surface area contributed by atoms with Crippen molar-refractivity contribution in [3.8, 4) is 5.75 Å². The van der Waals surface area contributed by atoms with Gasteiger partial charge in [-0.15, -0.1) is 0 Å². The van der Waals surface area contributed by atoms with Crippen LogP contribution in [0.15, 0.2) is 24.3 Å². The molecule has 2 unspecified atom stereocenters. The molecule has 0 saturated carbocycles. The van der Waals surface area contributed by atoms with Gasteiger partial charge in [0, 0.05) is 13.0 Å². The lowest BCUT2D eigenvalue weighted by Crippen LogP contribution is -2.34. The highest BCUT2D eigenvalue weighted by molar-refractivity contribution is 5.35. The number of hydrogen-bond acceptors (Lipinski definition) is 3. The summed E-state index contributed by atoms with van der Waals surface area (Å²) in [6.07, 6.45) is 0.420. The minimum absolute atomic E-state index is 0.139. The summed E-state index contributed by atoms with van der Waals surface area (Å²) in [6.45, 7) is 0.942. The van der Waals surface area contributed by atoms with Crippen LogP contribution in [-0.2, 0) is 11.2 Å². The van der Waals surface area contributed by atoms with E-state index in [9.17, 15) is 5.11 Å². The fourth-order valence-electron chi connectivity index (χ4n) is 1.91. The Morgan fingerprint density at radius 1 is 1.53 bits per heavy atom. The van der Waals surface area contributed by atoms with Crippen molar-refractivity contribution >= 4 is 0 Å². The van der Waals surface area contributed by atoms with Gasteiger partial charge in [-0.1, -0.05) is 18.2 Å². The lowest BCUT2D eigenvalue weighted by atomic mass is 9.92. The number of para-hydroxylation sites is 1. The molecular weight excluding hydrogens is 192 g/mol. The summed E-state index contributed by atoms with van der Waals surface area (Å²) >= 11 is 0. The number of ether oxygens (including phenoxy) is 2. The van der Waals surface area contributed by atoms with Crippen LogP contribution in [0.5, 0.6) is 5.75 Å². The summed E-state index contributed by atoms with van der Waals surface area (Å²) in [5.41, 5.74) is 1.17. The molecule has 1 aliphatic heterocycles. The van der Waals surface area contributed by atoms with Gasteiger partial charge in [0.05, 0.1) is 19.3 Å². The van der Waals surface area contributed by atoms with E-state index in [1.165, 1.54) is 5.56 Å². The molecule has 0 radical (unpaired) electrons. The van der Waals surface area contributed by atoms with Gasteiger partial charge in [0.1, 0.15) is 5.75 Å². The molecule has 1 aromatic carbocycles. The zero-order valence-corrected chi connectivity index (χ0v) is 8.85. The molecule has 0 bridgehead atoms. The average molecular weight is 208 g/mol. The Morgan fingerprint density at radius 2 is 2.33 bits per heavy atom. The number of hydrogen-bond donors (Lipinski definition) is 1. The molecule has 0 aliphatic carbocycles. The number of aliphatic hydroxyl groups is 1. The van der Waals surface area contributed by atoms with Crippen molar-refractivity contribution < 1.29 is 14.6 Å². The van der Waals surface area contributed by atoms with E-state index in [4.69, 9.17) is 9.47 Å². The van der Waals surface area contributed by atoms with Crippen LogP contribution in [0.4, 0.5) is 0 Å². The van der Waals surface area contributed by atoms with Crippen molar-refractivity contribution in [2.75, 3.05) is 20.3 Å². The maximum atomic E-state index is 9.79. The number of fused-ring (bicyclic) bond motifs is 1. The van der Waals surface area contributed by atoms with Gasteiger partial charge < -0.3 is 14.6 Å². The second-order valence-corrected chi connectivity index (χ2v) is 3.91. The predicted octanol–water partition coefficient (Wildman–Crippen LogP) is 1.25. The molecule has 0 fully saturated rings. The molecule has 3 heteroatoms. The third-order valence-corrected chi connectivity index (χ3v) is 2.79. The zero-order valence-electron chi connectivity index (χ0n) is 8.85. The lowest BCUT2D eigenvalue weighted by molar-refractivity contribution is 0.00480. The van der Waals surface area contributed by atoms with E-state index in [1.54, 1.807) is 7.11 Å². The molecule has 82 valence electrons. The highest BCUT2D eigenvalue weighted by atomic mass is 16.5. The molecule has 1 aromatic rings. The first-order chi connectivity index (χ1) is 7.31. The third-order valence-electron chi connectivity index (χ3n) is 2.79. The van der Waals surface area contributed by atoms with Gasteiger partial charge in [0.25, 0.3) is 0 Å². The van der Waals surface area contributed by atoms with Crippen molar-refractivity contribution in [1.82, 2.24) is 0 Å². The molecule has 1 N–H and O–H groups in total. The van der Waals surface area contributed by atoms with E-state index in [0.29, 0.717) is 13.2 Å². The van der Waals surface area contributed by atoms with Crippen LogP contribution in [0.1, 0.15) is 5.56 Å². The van der Waals surface area contributed by atoms with Crippen molar-refractivity contribution in [2.45, 2.75) is 12.5 Å². The van der Waals surface area contributed by atoms with Gasteiger partial charge in [0.2, 0.25) is 0 Å². The van der Waals surface area contributed by atoms with Crippen LogP contribution in [0, 0.1) is 5.92 Å². The van der Waals surface area contributed by atoms with Crippen LogP contribution >= 0.6 is 0 Å². The first-order valence-corrected chi connectivity index (χ1v) is 5.19. The Morgan fingerprint density at radius 3 is 3.13 bits per heavy atom. The van der Waals surface area contributed by atoms with Crippen LogP contribution in [0.2, 0.25) is 0 Å². The monoisotopic (exact) mass is 208 g/mol. The molecular formula is C12H16O3. The summed E-state index contributed by atoms with van der Waals surface area (Å²) in [5.74, 6) is 1.08. The van der Waals surface area contributed by atoms with E-state index in [-0.39, 0.29) is 5.92 Å². The predicted molar refractivity (Wildman–Crippen MR) is 57.0 cm³/mol. The molecule has 2 rings (SSSR count). The Hall–Kier alpha value is -1.06. The topological polar surface area (TPSA) is 38.7 Å². The standard InChI is InChI=1S/C12H16O3/c1-14-8-11(13)10-6-9-4-2-3-5-12(9)15-7-10/h2-5,10-11,13H,6-8H2,1H3. The van der Waals surface area contributed by atoms with Crippen LogP contribution < -0.4 is 4.74 Å². The minimum Gasteiger partial charge on any atom is -0.493 e. The SMILES string of the molecule is COCC(O)C1COc2ccccc2C1. The molecule has 0 amide bonds. The van der Waals surface area contributed by atoms with Gasteiger partial charge >= 0.3 is 0 Å². The Kier molecular flexibility index (Phi) is 3.23. The van der Waals surface area contributed by atoms with Crippen LogP contribution in [-0.4, -0.2) is 31.5 Å². The first kappa shape index (κ1) is 10.5. The molecule has 2 atom stereocenters. The maximum Gasteiger partial charge on any atom is 0.122 e. The van der Waals surface area contributed by atoms with Crippen LogP contribution in [0.3, 0.4) is 0 Å². The van der Waals surface area contributed by atoms with Crippen molar-refractivity contribution in [1.29, 1.82) is 0 Å². The molecule has 0 aromatic heterocycles. The quantitative estimate of drug-likeness (QED) is 0.812. The normalized spacial score (nSPS) is 21.6. The number of rotatable bonds is 3. The van der Waals surface area contributed by atoms with E-state index in [0.717, 1.165) is 12.2 Å². The minimum atomic E-state index is -0.441. The highest BCUT2D eigenvalue weighted by Crippen LogP contribution is 2.28. The maximum absolute atomic E-state index is 9.79. The summed E-state index contributed by atoms with van der Waals surface area (Å²) in [7, 11) is 1.60.